The Kier molecular flexibility index (Phi) is 4.78. The molecule has 1 aromatic carbocycles. The summed E-state index contributed by atoms with van der Waals surface area (Å²) in [6.07, 6.45) is 2.96. The Hall–Kier alpha value is -0.870. The Morgan fingerprint density at radius 1 is 1.44 bits per heavy atom. The van der Waals surface area contributed by atoms with Gasteiger partial charge in [0.25, 0.3) is 0 Å². The molecule has 1 saturated heterocycles. The highest BCUT2D eigenvalue weighted by Gasteiger charge is 2.24. The number of piperidine rings is 1. The van der Waals surface area contributed by atoms with Crippen LogP contribution >= 0.6 is 15.9 Å². The van der Waals surface area contributed by atoms with E-state index in [2.05, 4.69) is 45.6 Å². The second kappa shape index (κ2) is 6.34. The number of carbonyl (C=O) groups is 1. The van der Waals surface area contributed by atoms with Gasteiger partial charge in [-0.05, 0) is 37.0 Å². The number of rotatable bonds is 4. The van der Waals surface area contributed by atoms with Crippen molar-refractivity contribution in [2.24, 2.45) is 0 Å². The van der Waals surface area contributed by atoms with Crippen molar-refractivity contribution < 1.29 is 4.79 Å². The number of hydrogen-bond acceptors (Lipinski definition) is 2. The Balaban J connectivity index is 2.04. The van der Waals surface area contributed by atoms with Crippen LogP contribution in [0.15, 0.2) is 28.7 Å². The highest BCUT2D eigenvalue weighted by atomic mass is 79.9. The molecule has 1 amide bonds. The Morgan fingerprint density at radius 3 is 2.78 bits per heavy atom. The molecule has 2 N–H and O–H groups in total. The van der Waals surface area contributed by atoms with E-state index in [0.29, 0.717) is 0 Å². The van der Waals surface area contributed by atoms with Crippen LogP contribution < -0.4 is 10.6 Å². The molecule has 0 radical (unpaired) electrons. The predicted molar refractivity (Wildman–Crippen MR) is 76.3 cm³/mol. The average molecular weight is 311 g/mol. The number of hydrogen-bond donors (Lipinski definition) is 2. The molecular formula is C14H19BrN2O. The van der Waals surface area contributed by atoms with Crippen molar-refractivity contribution >= 4 is 21.8 Å². The van der Waals surface area contributed by atoms with Gasteiger partial charge in [0, 0.05) is 17.1 Å². The van der Waals surface area contributed by atoms with E-state index in [1.165, 1.54) is 5.56 Å². The highest BCUT2D eigenvalue weighted by Crippen LogP contribution is 2.21. The molecule has 0 bridgehead atoms. The molecule has 3 nitrogen and oxygen atoms in total. The first-order chi connectivity index (χ1) is 8.70. The third-order valence-corrected chi connectivity index (χ3v) is 3.90. The molecule has 1 aromatic rings. The molecule has 2 atom stereocenters. The quantitative estimate of drug-likeness (QED) is 0.898. The first-order valence-corrected chi connectivity index (χ1v) is 7.29. The minimum atomic E-state index is -0.0488. The highest BCUT2D eigenvalue weighted by molar-refractivity contribution is 9.10. The Bertz CT molecular complexity index is 405. The van der Waals surface area contributed by atoms with E-state index in [9.17, 15) is 4.79 Å². The van der Waals surface area contributed by atoms with Gasteiger partial charge >= 0.3 is 0 Å². The van der Waals surface area contributed by atoms with Crippen LogP contribution in [0.4, 0.5) is 0 Å². The Labute approximate surface area is 116 Å². The number of benzene rings is 1. The van der Waals surface area contributed by atoms with Gasteiger partial charge in [0.05, 0.1) is 6.04 Å². The van der Waals surface area contributed by atoms with Crippen molar-refractivity contribution in [2.45, 2.75) is 38.3 Å². The van der Waals surface area contributed by atoms with Crippen LogP contribution in [0.2, 0.25) is 0 Å². The van der Waals surface area contributed by atoms with Crippen LogP contribution in [0.5, 0.6) is 0 Å². The lowest BCUT2D eigenvalue weighted by atomic mass is 10.0. The van der Waals surface area contributed by atoms with Crippen molar-refractivity contribution in [2.75, 3.05) is 6.54 Å². The van der Waals surface area contributed by atoms with Gasteiger partial charge in [0.1, 0.15) is 0 Å². The van der Waals surface area contributed by atoms with Gasteiger partial charge in [-0.3, -0.25) is 10.1 Å². The van der Waals surface area contributed by atoms with Crippen molar-refractivity contribution in [1.82, 2.24) is 10.6 Å². The maximum absolute atomic E-state index is 11.8. The predicted octanol–water partition coefficient (Wildman–Crippen LogP) is 2.77. The minimum absolute atomic E-state index is 0.0488. The molecule has 0 spiro atoms. The molecule has 2 rings (SSSR count). The molecule has 1 heterocycles. The van der Waals surface area contributed by atoms with E-state index in [-0.39, 0.29) is 18.0 Å². The lowest BCUT2D eigenvalue weighted by Gasteiger charge is -2.27. The molecule has 18 heavy (non-hydrogen) atoms. The van der Waals surface area contributed by atoms with Crippen molar-refractivity contribution in [3.05, 3.63) is 34.3 Å². The second-order valence-corrected chi connectivity index (χ2v) is 5.58. The summed E-state index contributed by atoms with van der Waals surface area (Å²) in [4.78, 5) is 11.8. The third-order valence-electron chi connectivity index (χ3n) is 3.37. The standard InChI is InChI=1S/C14H19BrN2O/c1-2-12(10-5-7-11(15)8-6-10)17-13-4-3-9-16-14(13)18/h5-8,12-13,17H,2-4,9H2,1H3,(H,16,18). The van der Waals surface area contributed by atoms with Gasteiger partial charge in [-0.25, -0.2) is 0 Å². The number of halogens is 1. The maximum Gasteiger partial charge on any atom is 0.237 e. The summed E-state index contributed by atoms with van der Waals surface area (Å²) >= 11 is 3.44. The zero-order chi connectivity index (χ0) is 13.0. The summed E-state index contributed by atoms with van der Waals surface area (Å²) in [7, 11) is 0. The molecule has 0 aromatic heterocycles. The fourth-order valence-corrected chi connectivity index (χ4v) is 2.58. The Morgan fingerprint density at radius 2 is 2.17 bits per heavy atom. The van der Waals surface area contributed by atoms with Crippen LogP contribution in [0.3, 0.4) is 0 Å². The topological polar surface area (TPSA) is 41.1 Å². The van der Waals surface area contributed by atoms with Gasteiger partial charge in [0.2, 0.25) is 5.91 Å². The summed E-state index contributed by atoms with van der Waals surface area (Å²) < 4.78 is 1.08. The molecule has 4 heteroatoms. The second-order valence-electron chi connectivity index (χ2n) is 4.66. The molecule has 1 fully saturated rings. The van der Waals surface area contributed by atoms with Crippen molar-refractivity contribution in [3.8, 4) is 0 Å². The van der Waals surface area contributed by atoms with Crippen molar-refractivity contribution in [3.63, 3.8) is 0 Å². The molecule has 1 aliphatic heterocycles. The number of carbonyl (C=O) groups excluding carboxylic acids is 1. The normalized spacial score (nSPS) is 21.4. The lowest BCUT2D eigenvalue weighted by Crippen LogP contribution is -2.49. The summed E-state index contributed by atoms with van der Waals surface area (Å²) in [6, 6.07) is 8.48. The van der Waals surface area contributed by atoms with E-state index < -0.39 is 0 Å². The van der Waals surface area contributed by atoms with E-state index in [1.807, 2.05) is 12.1 Å². The van der Waals surface area contributed by atoms with Gasteiger partial charge < -0.3 is 5.32 Å². The molecule has 98 valence electrons. The van der Waals surface area contributed by atoms with Crippen LogP contribution in [0.25, 0.3) is 0 Å². The monoisotopic (exact) mass is 310 g/mol. The summed E-state index contributed by atoms with van der Waals surface area (Å²) in [6.45, 7) is 2.95. The van der Waals surface area contributed by atoms with Crippen molar-refractivity contribution in [1.29, 1.82) is 0 Å². The zero-order valence-corrected chi connectivity index (χ0v) is 12.2. The molecule has 0 saturated carbocycles. The number of nitrogens with one attached hydrogen (secondary N) is 2. The third kappa shape index (κ3) is 3.33. The van der Waals surface area contributed by atoms with Gasteiger partial charge in [-0.2, -0.15) is 0 Å². The van der Waals surface area contributed by atoms with E-state index in [0.717, 1.165) is 30.3 Å². The fraction of sp³-hybridized carbons (Fsp3) is 0.500. The van der Waals surface area contributed by atoms with Gasteiger partial charge in [-0.1, -0.05) is 35.0 Å². The largest absolute Gasteiger partial charge is 0.355 e. The van der Waals surface area contributed by atoms with Crippen LogP contribution in [-0.2, 0) is 4.79 Å². The van der Waals surface area contributed by atoms with E-state index in [4.69, 9.17) is 0 Å². The molecule has 2 unspecified atom stereocenters. The minimum Gasteiger partial charge on any atom is -0.355 e. The summed E-state index contributed by atoms with van der Waals surface area (Å²) in [5.41, 5.74) is 1.24. The fourth-order valence-electron chi connectivity index (χ4n) is 2.32. The number of amides is 1. The van der Waals surface area contributed by atoms with Crippen LogP contribution in [0.1, 0.15) is 37.8 Å². The smallest absolute Gasteiger partial charge is 0.237 e. The molecule has 0 aliphatic carbocycles. The van der Waals surface area contributed by atoms with E-state index >= 15 is 0 Å². The van der Waals surface area contributed by atoms with Gasteiger partial charge in [-0.15, -0.1) is 0 Å². The van der Waals surface area contributed by atoms with Gasteiger partial charge in [0.15, 0.2) is 0 Å². The van der Waals surface area contributed by atoms with Crippen LogP contribution in [-0.4, -0.2) is 18.5 Å². The zero-order valence-electron chi connectivity index (χ0n) is 10.6. The first kappa shape index (κ1) is 13.6. The summed E-state index contributed by atoms with van der Waals surface area (Å²) in [5, 5.41) is 6.38. The first-order valence-electron chi connectivity index (χ1n) is 6.50. The SMILES string of the molecule is CCC(NC1CCCNC1=O)c1ccc(Br)cc1. The van der Waals surface area contributed by atoms with E-state index in [1.54, 1.807) is 0 Å². The average Bonchev–Trinajstić information content (AvgIpc) is 2.39. The lowest BCUT2D eigenvalue weighted by molar-refractivity contribution is -0.124. The maximum atomic E-state index is 11.8. The van der Waals surface area contributed by atoms with Crippen LogP contribution in [0, 0.1) is 0 Å². The summed E-state index contributed by atoms with van der Waals surface area (Å²) in [5.74, 6) is 0.136. The molecular weight excluding hydrogens is 292 g/mol. The molecule has 1 aliphatic rings.